The number of alkyl halides is 3. The van der Waals surface area contributed by atoms with E-state index in [1.807, 2.05) is 31.2 Å². The Kier molecular flexibility index (Phi) is 7.06. The minimum atomic E-state index is -4.40. The highest BCUT2D eigenvalue weighted by Gasteiger charge is 2.31. The predicted molar refractivity (Wildman–Crippen MR) is 104 cm³/mol. The first-order valence-corrected chi connectivity index (χ1v) is 8.68. The van der Waals surface area contributed by atoms with Crippen LogP contribution in [-0.2, 0) is 12.7 Å². The van der Waals surface area contributed by atoms with Gasteiger partial charge in [-0.1, -0.05) is 42.0 Å². The molecule has 7 heteroatoms. The Labute approximate surface area is 161 Å². The molecule has 0 bridgehead atoms. The van der Waals surface area contributed by atoms with Gasteiger partial charge in [-0.05, 0) is 55.0 Å². The number of allylic oxidation sites excluding steroid dienone is 1. The van der Waals surface area contributed by atoms with E-state index in [2.05, 4.69) is 5.32 Å². The molecule has 0 atom stereocenters. The molecule has 0 heterocycles. The molecule has 0 fully saturated rings. The van der Waals surface area contributed by atoms with Gasteiger partial charge in [0.1, 0.15) is 0 Å². The highest BCUT2D eigenvalue weighted by molar-refractivity contribution is 7.80. The third-order valence-electron chi connectivity index (χ3n) is 3.61. The van der Waals surface area contributed by atoms with E-state index in [-0.39, 0.29) is 0 Å². The molecule has 2 rings (SSSR count). The maximum absolute atomic E-state index is 13.0. The van der Waals surface area contributed by atoms with E-state index in [9.17, 15) is 13.2 Å². The van der Waals surface area contributed by atoms with E-state index in [1.54, 1.807) is 23.1 Å². The lowest BCUT2D eigenvalue weighted by molar-refractivity contribution is -0.137. The van der Waals surface area contributed by atoms with E-state index in [0.717, 1.165) is 17.7 Å². The second kappa shape index (κ2) is 9.05. The molecule has 138 valence electrons. The average Bonchev–Trinajstić information content (AvgIpc) is 2.61. The number of thiocarbonyl (C=S) groups is 1. The van der Waals surface area contributed by atoms with Crippen molar-refractivity contribution in [1.29, 1.82) is 0 Å². The third kappa shape index (κ3) is 5.75. The molecule has 0 unspecified atom stereocenters. The van der Waals surface area contributed by atoms with Crippen molar-refractivity contribution in [3.05, 3.63) is 76.8 Å². The van der Waals surface area contributed by atoms with E-state index < -0.39 is 11.7 Å². The number of benzene rings is 2. The summed E-state index contributed by atoms with van der Waals surface area (Å²) >= 11 is 11.3. The zero-order valence-electron chi connectivity index (χ0n) is 14.1. The van der Waals surface area contributed by atoms with Crippen LogP contribution in [0.25, 0.3) is 0 Å². The van der Waals surface area contributed by atoms with E-state index in [0.29, 0.717) is 28.9 Å². The smallest absolute Gasteiger partial charge is 0.358 e. The van der Waals surface area contributed by atoms with Crippen LogP contribution in [0.1, 0.15) is 18.1 Å². The molecule has 1 N–H and O–H groups in total. The van der Waals surface area contributed by atoms with Crippen molar-refractivity contribution in [1.82, 2.24) is 5.32 Å². The molecule has 0 aliphatic rings. The van der Waals surface area contributed by atoms with Gasteiger partial charge in [0.05, 0.1) is 5.56 Å². The molecule has 26 heavy (non-hydrogen) atoms. The van der Waals surface area contributed by atoms with Gasteiger partial charge in [-0.3, -0.25) is 0 Å². The molecule has 0 spiro atoms. The summed E-state index contributed by atoms with van der Waals surface area (Å²) in [6, 6.07) is 12.4. The summed E-state index contributed by atoms with van der Waals surface area (Å²) < 4.78 is 39.0. The third-order valence-corrected chi connectivity index (χ3v) is 4.23. The summed E-state index contributed by atoms with van der Waals surface area (Å²) in [7, 11) is 0. The van der Waals surface area contributed by atoms with Crippen molar-refractivity contribution in [3.8, 4) is 0 Å². The zero-order chi connectivity index (χ0) is 19.2. The van der Waals surface area contributed by atoms with Gasteiger partial charge in [0.2, 0.25) is 0 Å². The first-order valence-electron chi connectivity index (χ1n) is 7.89. The highest BCUT2D eigenvalue weighted by atomic mass is 35.5. The molecule has 0 aliphatic carbocycles. The molecular weight excluding hydrogens is 381 g/mol. The van der Waals surface area contributed by atoms with Gasteiger partial charge < -0.3 is 10.2 Å². The maximum Gasteiger partial charge on any atom is 0.416 e. The summed E-state index contributed by atoms with van der Waals surface area (Å²) in [5.41, 5.74) is 0.638. The predicted octanol–water partition coefficient (Wildman–Crippen LogP) is 5.82. The van der Waals surface area contributed by atoms with E-state index in [1.165, 1.54) is 6.07 Å². The molecule has 0 saturated heterocycles. The fraction of sp³-hybridized carbons (Fsp3) is 0.211. The van der Waals surface area contributed by atoms with Gasteiger partial charge >= 0.3 is 6.18 Å². The van der Waals surface area contributed by atoms with Gasteiger partial charge in [0, 0.05) is 23.8 Å². The van der Waals surface area contributed by atoms with Gasteiger partial charge in [0.25, 0.3) is 0 Å². The Bertz CT molecular complexity index is 773. The molecule has 0 aliphatic heterocycles. The van der Waals surface area contributed by atoms with Crippen LogP contribution in [0.4, 0.5) is 18.9 Å². The maximum atomic E-state index is 13.0. The quantitative estimate of drug-likeness (QED) is 0.505. The molecule has 2 aromatic rings. The van der Waals surface area contributed by atoms with Gasteiger partial charge in [-0.2, -0.15) is 13.2 Å². The number of anilines is 1. The Morgan fingerprint density at radius 3 is 2.50 bits per heavy atom. The molecule has 0 aromatic heterocycles. The summed E-state index contributed by atoms with van der Waals surface area (Å²) in [6.45, 7) is 2.65. The lowest BCUT2D eigenvalue weighted by Gasteiger charge is -2.25. The number of nitrogens with zero attached hydrogens (tertiary/aromatic N) is 1. The van der Waals surface area contributed by atoms with Crippen LogP contribution in [0, 0.1) is 0 Å². The lowest BCUT2D eigenvalue weighted by atomic mass is 10.2. The number of halogens is 4. The number of hydrogen-bond acceptors (Lipinski definition) is 1. The van der Waals surface area contributed by atoms with Gasteiger partial charge in [-0.25, -0.2) is 0 Å². The van der Waals surface area contributed by atoms with Crippen molar-refractivity contribution in [3.63, 3.8) is 0 Å². The zero-order valence-corrected chi connectivity index (χ0v) is 15.6. The SMILES string of the molecule is C/C=C/CN(C(=S)NCc1ccc(Cl)cc1)c1cccc(C(F)(F)F)c1. The first kappa shape index (κ1) is 20.3. The van der Waals surface area contributed by atoms with Crippen molar-refractivity contribution >= 4 is 34.6 Å². The second-order valence-corrected chi connectivity index (χ2v) is 6.34. The van der Waals surface area contributed by atoms with Crippen LogP contribution >= 0.6 is 23.8 Å². The van der Waals surface area contributed by atoms with Crippen LogP contribution in [0.3, 0.4) is 0 Å². The minimum absolute atomic E-state index is 0.345. The molecular formula is C19H18ClF3N2S. The van der Waals surface area contributed by atoms with E-state index >= 15 is 0 Å². The minimum Gasteiger partial charge on any atom is -0.358 e. The van der Waals surface area contributed by atoms with Crippen LogP contribution in [-0.4, -0.2) is 11.7 Å². The summed E-state index contributed by atoms with van der Waals surface area (Å²) in [5, 5.41) is 4.06. The van der Waals surface area contributed by atoms with Crippen LogP contribution < -0.4 is 10.2 Å². The Morgan fingerprint density at radius 1 is 1.19 bits per heavy atom. The molecule has 2 aromatic carbocycles. The topological polar surface area (TPSA) is 15.3 Å². The van der Waals surface area contributed by atoms with Crippen molar-refractivity contribution in [2.75, 3.05) is 11.4 Å². The fourth-order valence-corrected chi connectivity index (χ4v) is 2.62. The largest absolute Gasteiger partial charge is 0.416 e. The fourth-order valence-electron chi connectivity index (χ4n) is 2.24. The average molecular weight is 399 g/mol. The summed E-state index contributed by atoms with van der Waals surface area (Å²) in [4.78, 5) is 1.63. The monoisotopic (exact) mass is 398 g/mol. The highest BCUT2D eigenvalue weighted by Crippen LogP contribution is 2.31. The van der Waals surface area contributed by atoms with Crippen molar-refractivity contribution in [2.24, 2.45) is 0 Å². The molecule has 0 amide bonds. The van der Waals surface area contributed by atoms with Crippen LogP contribution in [0.5, 0.6) is 0 Å². The number of hydrogen-bond donors (Lipinski definition) is 1. The lowest BCUT2D eigenvalue weighted by Crippen LogP contribution is -2.39. The molecule has 2 nitrogen and oxygen atoms in total. The Morgan fingerprint density at radius 2 is 1.88 bits per heavy atom. The van der Waals surface area contributed by atoms with Crippen molar-refractivity contribution < 1.29 is 13.2 Å². The van der Waals surface area contributed by atoms with E-state index in [4.69, 9.17) is 23.8 Å². The Balaban J connectivity index is 2.18. The second-order valence-electron chi connectivity index (χ2n) is 5.51. The van der Waals surface area contributed by atoms with Crippen LogP contribution in [0.15, 0.2) is 60.7 Å². The van der Waals surface area contributed by atoms with Gasteiger partial charge in [-0.15, -0.1) is 0 Å². The standard InChI is InChI=1S/C19H18ClF3N2S/c1-2-3-11-25(17-6-4-5-15(12-17)19(21,22)23)18(26)24-13-14-7-9-16(20)10-8-14/h2-10,12H,11,13H2,1H3,(H,24,26)/b3-2+. The van der Waals surface area contributed by atoms with Crippen molar-refractivity contribution in [2.45, 2.75) is 19.6 Å². The van der Waals surface area contributed by atoms with Gasteiger partial charge in [0.15, 0.2) is 5.11 Å². The number of nitrogens with one attached hydrogen (secondary N) is 1. The summed E-state index contributed by atoms with van der Waals surface area (Å²) in [5.74, 6) is 0. The Hall–Kier alpha value is -2.05. The summed E-state index contributed by atoms with van der Waals surface area (Å²) in [6.07, 6.45) is -0.750. The van der Waals surface area contributed by atoms with Crippen LogP contribution in [0.2, 0.25) is 5.02 Å². The number of rotatable bonds is 5. The normalized spacial score (nSPS) is 11.6. The molecule has 0 saturated carbocycles. The molecule has 0 radical (unpaired) electrons. The first-order chi connectivity index (χ1) is 12.3.